The Labute approximate surface area is 182 Å². The minimum Gasteiger partial charge on any atom is -0.347 e. The van der Waals surface area contributed by atoms with E-state index in [1.54, 1.807) is 47.7 Å². The lowest BCUT2D eigenvalue weighted by Crippen LogP contribution is -2.25. The zero-order valence-electron chi connectivity index (χ0n) is 17.2. The summed E-state index contributed by atoms with van der Waals surface area (Å²) < 4.78 is 14.9. The number of imidazole rings is 1. The van der Waals surface area contributed by atoms with Gasteiger partial charge in [0, 0.05) is 31.5 Å². The number of carbonyl (C=O) groups excluding carboxylic acids is 2. The molecule has 9 heteroatoms. The Hall–Kier alpha value is -4.27. The quantitative estimate of drug-likeness (QED) is 0.434. The van der Waals surface area contributed by atoms with Crippen molar-refractivity contribution in [2.75, 3.05) is 0 Å². The van der Waals surface area contributed by atoms with Crippen molar-refractivity contribution in [3.05, 3.63) is 105 Å². The number of hydrogen-bond acceptors (Lipinski definition) is 4. The van der Waals surface area contributed by atoms with Gasteiger partial charge in [-0.1, -0.05) is 24.3 Å². The van der Waals surface area contributed by atoms with Crippen molar-refractivity contribution in [1.29, 1.82) is 0 Å². The van der Waals surface area contributed by atoms with Gasteiger partial charge in [0.2, 0.25) is 5.56 Å². The van der Waals surface area contributed by atoms with Crippen molar-refractivity contribution >= 4 is 17.5 Å². The second kappa shape index (κ2) is 8.84. The number of aromatic amines is 1. The molecule has 3 heterocycles. The highest BCUT2D eigenvalue weighted by molar-refractivity contribution is 5.95. The molecule has 0 unspecified atom stereocenters. The maximum absolute atomic E-state index is 13.4. The fourth-order valence-electron chi connectivity index (χ4n) is 3.22. The van der Waals surface area contributed by atoms with Crippen LogP contribution in [0.25, 0.3) is 5.65 Å². The standard InChI is InChI=1S/C23H20FN5O3/c1-14-9-15(5-7-17(14)24)10-26-22(31)18-13-29-19(3-2-4-20(29)28-18)23(32)27-12-16-6-8-21(30)25-11-16/h2-9,11,13H,10,12H2,1H3,(H,25,30)(H,26,31)(H,27,32). The van der Waals surface area contributed by atoms with E-state index in [0.717, 1.165) is 11.1 Å². The van der Waals surface area contributed by atoms with Crippen LogP contribution in [0.15, 0.2) is 65.7 Å². The second-order valence-electron chi connectivity index (χ2n) is 7.28. The van der Waals surface area contributed by atoms with E-state index < -0.39 is 5.91 Å². The predicted octanol–water partition coefficient (Wildman–Crippen LogP) is 2.33. The summed E-state index contributed by atoms with van der Waals surface area (Å²) in [7, 11) is 0. The van der Waals surface area contributed by atoms with Gasteiger partial charge in [-0.2, -0.15) is 0 Å². The van der Waals surface area contributed by atoms with Crippen LogP contribution >= 0.6 is 0 Å². The second-order valence-corrected chi connectivity index (χ2v) is 7.28. The molecule has 0 spiro atoms. The van der Waals surface area contributed by atoms with E-state index >= 15 is 0 Å². The maximum Gasteiger partial charge on any atom is 0.271 e. The number of amides is 2. The van der Waals surface area contributed by atoms with E-state index in [9.17, 15) is 18.8 Å². The highest BCUT2D eigenvalue weighted by atomic mass is 19.1. The Balaban J connectivity index is 1.47. The van der Waals surface area contributed by atoms with Crippen LogP contribution in [0.3, 0.4) is 0 Å². The highest BCUT2D eigenvalue weighted by Crippen LogP contribution is 2.12. The molecule has 4 rings (SSSR count). The Morgan fingerprint density at radius 3 is 2.53 bits per heavy atom. The first-order chi connectivity index (χ1) is 15.4. The first kappa shape index (κ1) is 21.0. The van der Waals surface area contributed by atoms with E-state index in [2.05, 4.69) is 20.6 Å². The number of hydrogen-bond donors (Lipinski definition) is 3. The molecule has 0 atom stereocenters. The first-order valence-corrected chi connectivity index (χ1v) is 9.88. The van der Waals surface area contributed by atoms with Crippen LogP contribution in [-0.2, 0) is 13.1 Å². The number of carbonyl (C=O) groups is 2. The van der Waals surface area contributed by atoms with Gasteiger partial charge in [-0.05, 0) is 41.8 Å². The van der Waals surface area contributed by atoms with Crippen molar-refractivity contribution < 1.29 is 14.0 Å². The number of nitrogens with one attached hydrogen (secondary N) is 3. The number of nitrogens with zero attached hydrogens (tertiary/aromatic N) is 2. The number of aryl methyl sites for hydroxylation is 1. The van der Waals surface area contributed by atoms with Gasteiger partial charge in [-0.15, -0.1) is 0 Å². The lowest BCUT2D eigenvalue weighted by molar-refractivity contribution is 0.0935. The SMILES string of the molecule is Cc1cc(CNC(=O)c2cn3c(C(=O)NCc4ccc(=O)[nH]c4)cccc3n2)ccc1F. The zero-order chi connectivity index (χ0) is 22.7. The summed E-state index contributed by atoms with van der Waals surface area (Å²) in [6.07, 6.45) is 3.03. The van der Waals surface area contributed by atoms with Crippen molar-refractivity contribution in [1.82, 2.24) is 25.0 Å². The number of aromatic nitrogens is 3. The minimum atomic E-state index is -0.407. The number of pyridine rings is 2. The molecule has 32 heavy (non-hydrogen) atoms. The van der Waals surface area contributed by atoms with Gasteiger partial charge in [0.25, 0.3) is 11.8 Å². The van der Waals surface area contributed by atoms with Crippen LogP contribution in [0.2, 0.25) is 0 Å². The average Bonchev–Trinajstić information content (AvgIpc) is 3.23. The van der Waals surface area contributed by atoms with E-state index in [1.807, 2.05) is 0 Å². The molecule has 0 fully saturated rings. The molecule has 8 nitrogen and oxygen atoms in total. The third-order valence-corrected chi connectivity index (χ3v) is 4.93. The molecule has 2 amide bonds. The third kappa shape index (κ3) is 4.56. The van der Waals surface area contributed by atoms with Gasteiger partial charge >= 0.3 is 0 Å². The first-order valence-electron chi connectivity index (χ1n) is 9.88. The lowest BCUT2D eigenvalue weighted by atomic mass is 10.1. The van der Waals surface area contributed by atoms with Gasteiger partial charge in [-0.25, -0.2) is 9.37 Å². The molecular formula is C23H20FN5O3. The Morgan fingerprint density at radius 2 is 1.78 bits per heavy atom. The third-order valence-electron chi connectivity index (χ3n) is 4.93. The smallest absolute Gasteiger partial charge is 0.271 e. The normalized spacial score (nSPS) is 10.8. The lowest BCUT2D eigenvalue weighted by Gasteiger charge is -2.07. The molecule has 0 radical (unpaired) electrons. The summed E-state index contributed by atoms with van der Waals surface area (Å²) in [5.41, 5.74) is 2.71. The Kier molecular flexibility index (Phi) is 5.80. The summed E-state index contributed by atoms with van der Waals surface area (Å²) in [6, 6.07) is 12.7. The van der Waals surface area contributed by atoms with Crippen LogP contribution < -0.4 is 16.2 Å². The number of fused-ring (bicyclic) bond motifs is 1. The topological polar surface area (TPSA) is 108 Å². The number of benzene rings is 1. The largest absolute Gasteiger partial charge is 0.347 e. The van der Waals surface area contributed by atoms with E-state index in [0.29, 0.717) is 16.9 Å². The maximum atomic E-state index is 13.4. The molecule has 0 saturated carbocycles. The number of rotatable bonds is 6. The molecule has 4 aromatic rings. The van der Waals surface area contributed by atoms with Crippen LogP contribution in [0, 0.1) is 12.7 Å². The van der Waals surface area contributed by atoms with Gasteiger partial charge in [0.1, 0.15) is 22.9 Å². The molecule has 0 bridgehead atoms. The molecule has 162 valence electrons. The summed E-state index contributed by atoms with van der Waals surface area (Å²) >= 11 is 0. The highest BCUT2D eigenvalue weighted by Gasteiger charge is 2.15. The van der Waals surface area contributed by atoms with Crippen LogP contribution in [0.4, 0.5) is 4.39 Å². The summed E-state index contributed by atoms with van der Waals surface area (Å²) in [5.74, 6) is -1.06. The summed E-state index contributed by atoms with van der Waals surface area (Å²) in [5, 5.41) is 5.54. The molecule has 3 aromatic heterocycles. The molecule has 0 saturated heterocycles. The van der Waals surface area contributed by atoms with Gasteiger partial charge in [0.05, 0.1) is 0 Å². The van der Waals surface area contributed by atoms with Crippen molar-refractivity contribution in [3.8, 4) is 0 Å². The fourth-order valence-corrected chi connectivity index (χ4v) is 3.22. The average molecular weight is 433 g/mol. The van der Waals surface area contributed by atoms with Crippen LogP contribution in [0.5, 0.6) is 0 Å². The predicted molar refractivity (Wildman–Crippen MR) is 116 cm³/mol. The summed E-state index contributed by atoms with van der Waals surface area (Å²) in [4.78, 5) is 43.2. The van der Waals surface area contributed by atoms with Crippen LogP contribution in [0.1, 0.15) is 37.7 Å². The van der Waals surface area contributed by atoms with Gasteiger partial charge < -0.3 is 15.6 Å². The molecule has 0 aliphatic rings. The van der Waals surface area contributed by atoms with Crippen molar-refractivity contribution in [2.45, 2.75) is 20.0 Å². The number of halogens is 1. The minimum absolute atomic E-state index is 0.157. The van der Waals surface area contributed by atoms with Crippen molar-refractivity contribution in [2.24, 2.45) is 0 Å². The zero-order valence-corrected chi connectivity index (χ0v) is 17.2. The van der Waals surface area contributed by atoms with Crippen LogP contribution in [-0.4, -0.2) is 26.2 Å². The summed E-state index contributed by atoms with van der Waals surface area (Å²) in [6.45, 7) is 2.11. The molecule has 0 aliphatic heterocycles. The van der Waals surface area contributed by atoms with E-state index in [-0.39, 0.29) is 36.1 Å². The van der Waals surface area contributed by atoms with Gasteiger partial charge in [-0.3, -0.25) is 18.8 Å². The van der Waals surface area contributed by atoms with Gasteiger partial charge in [0.15, 0.2) is 0 Å². The Bertz CT molecular complexity index is 1360. The van der Waals surface area contributed by atoms with E-state index in [1.165, 1.54) is 24.5 Å². The Morgan fingerprint density at radius 1 is 1.03 bits per heavy atom. The molecule has 0 aliphatic carbocycles. The number of H-pyrrole nitrogens is 1. The van der Waals surface area contributed by atoms with Crippen molar-refractivity contribution in [3.63, 3.8) is 0 Å². The molecule has 3 N–H and O–H groups in total. The monoisotopic (exact) mass is 433 g/mol. The molecular weight excluding hydrogens is 413 g/mol. The fraction of sp³-hybridized carbons (Fsp3) is 0.130. The van der Waals surface area contributed by atoms with E-state index in [4.69, 9.17) is 0 Å². The molecule has 1 aromatic carbocycles.